The highest BCUT2D eigenvalue weighted by atomic mass is 16.5. The van der Waals surface area contributed by atoms with Gasteiger partial charge in [0.25, 0.3) is 5.91 Å². The molecule has 9 heteroatoms. The molecule has 0 saturated heterocycles. The molecule has 9 nitrogen and oxygen atoms in total. The fraction of sp³-hybridized carbons (Fsp3) is 0.656. The second kappa shape index (κ2) is 16.5. The lowest BCUT2D eigenvalue weighted by Crippen LogP contribution is -2.40. The molecule has 1 fully saturated rings. The monoisotopic (exact) mass is 570 g/mol. The van der Waals surface area contributed by atoms with Gasteiger partial charge in [-0.2, -0.15) is 5.10 Å². The molecule has 228 valence electrons. The van der Waals surface area contributed by atoms with Crippen molar-refractivity contribution >= 4 is 11.8 Å². The van der Waals surface area contributed by atoms with Crippen LogP contribution in [0.15, 0.2) is 24.3 Å². The standard InChI is InChI=1S/C32H50N4O5/c1-22(2)28(21-40-5)36-27(31-23(3)11-10-14-29(31)41-6)20-26(35-36)32(38)34-25(19-30(37)33-17-18-39-4)16-15-24-12-8-7-9-13-24/h10-11,14,20,22,24-25,28H,7-9,12-13,15-19,21H2,1-6H3,(H,33,37)(H,34,38)/t25-,28?/m0/s1. The van der Waals surface area contributed by atoms with Crippen LogP contribution in [-0.4, -0.2) is 68.7 Å². The van der Waals surface area contributed by atoms with Crippen molar-refractivity contribution in [2.24, 2.45) is 11.8 Å². The van der Waals surface area contributed by atoms with Crippen molar-refractivity contribution in [3.8, 4) is 17.0 Å². The van der Waals surface area contributed by atoms with Crippen molar-refractivity contribution in [3.63, 3.8) is 0 Å². The summed E-state index contributed by atoms with van der Waals surface area (Å²) in [6.07, 6.45) is 8.26. The average molecular weight is 571 g/mol. The summed E-state index contributed by atoms with van der Waals surface area (Å²) in [6, 6.07) is 7.36. The van der Waals surface area contributed by atoms with Crippen molar-refractivity contribution in [1.29, 1.82) is 0 Å². The van der Waals surface area contributed by atoms with E-state index in [1.54, 1.807) is 21.3 Å². The third-order valence-electron chi connectivity index (χ3n) is 8.14. The second-order valence-corrected chi connectivity index (χ2v) is 11.6. The van der Waals surface area contributed by atoms with Gasteiger partial charge in [0.2, 0.25) is 5.91 Å². The fourth-order valence-corrected chi connectivity index (χ4v) is 5.79. The summed E-state index contributed by atoms with van der Waals surface area (Å²) in [5.41, 5.74) is 3.04. The van der Waals surface area contributed by atoms with Crippen LogP contribution in [0.2, 0.25) is 0 Å². The Kier molecular flexibility index (Phi) is 13.1. The lowest BCUT2D eigenvalue weighted by Gasteiger charge is -2.25. The largest absolute Gasteiger partial charge is 0.496 e. The first kappa shape index (κ1) is 32.6. The fourth-order valence-electron chi connectivity index (χ4n) is 5.79. The lowest BCUT2D eigenvalue weighted by molar-refractivity contribution is -0.121. The van der Waals surface area contributed by atoms with Gasteiger partial charge < -0.3 is 24.8 Å². The molecule has 3 rings (SSSR count). The number of carbonyl (C=O) groups excluding carboxylic acids is 2. The molecule has 2 N–H and O–H groups in total. The van der Waals surface area contributed by atoms with Crippen LogP contribution in [0, 0.1) is 18.8 Å². The van der Waals surface area contributed by atoms with Crippen molar-refractivity contribution in [1.82, 2.24) is 20.4 Å². The predicted molar refractivity (Wildman–Crippen MR) is 161 cm³/mol. The van der Waals surface area contributed by atoms with Crippen LogP contribution >= 0.6 is 0 Å². The van der Waals surface area contributed by atoms with Crippen LogP contribution in [0.5, 0.6) is 5.75 Å². The van der Waals surface area contributed by atoms with Gasteiger partial charge >= 0.3 is 0 Å². The molecule has 0 aliphatic heterocycles. The van der Waals surface area contributed by atoms with Gasteiger partial charge in [0.05, 0.1) is 32.1 Å². The molecule has 1 aliphatic rings. The number of ether oxygens (including phenoxy) is 3. The Morgan fingerprint density at radius 1 is 1.10 bits per heavy atom. The topological polar surface area (TPSA) is 104 Å². The number of methoxy groups -OCH3 is 3. The molecule has 1 aromatic heterocycles. The van der Waals surface area contributed by atoms with Crippen molar-refractivity contribution < 1.29 is 23.8 Å². The van der Waals surface area contributed by atoms with Gasteiger partial charge in [-0.25, -0.2) is 0 Å². The molecule has 1 saturated carbocycles. The summed E-state index contributed by atoms with van der Waals surface area (Å²) in [4.78, 5) is 26.5. The maximum absolute atomic E-state index is 13.7. The first-order valence-electron chi connectivity index (χ1n) is 15.1. The summed E-state index contributed by atoms with van der Waals surface area (Å²) in [5, 5.41) is 10.9. The maximum atomic E-state index is 13.7. The van der Waals surface area contributed by atoms with Gasteiger partial charge in [-0.1, -0.05) is 58.1 Å². The molecule has 41 heavy (non-hydrogen) atoms. The molecule has 1 heterocycles. The number of nitrogens with zero attached hydrogens (tertiary/aromatic N) is 2. The van der Waals surface area contributed by atoms with E-state index in [0.717, 1.165) is 35.4 Å². The van der Waals surface area contributed by atoms with E-state index in [2.05, 4.69) is 24.5 Å². The highest BCUT2D eigenvalue weighted by Gasteiger charge is 2.27. The Hall–Kier alpha value is -2.91. The van der Waals surface area contributed by atoms with E-state index < -0.39 is 0 Å². The van der Waals surface area contributed by atoms with Crippen LogP contribution < -0.4 is 15.4 Å². The number of hydrogen-bond acceptors (Lipinski definition) is 6. The highest BCUT2D eigenvalue weighted by Crippen LogP contribution is 2.36. The molecule has 2 atom stereocenters. The van der Waals surface area contributed by atoms with Gasteiger partial charge in [0.1, 0.15) is 5.75 Å². The van der Waals surface area contributed by atoms with Crippen LogP contribution in [0.1, 0.15) is 87.3 Å². The van der Waals surface area contributed by atoms with Crippen LogP contribution in [0.4, 0.5) is 0 Å². The minimum Gasteiger partial charge on any atom is -0.496 e. The van der Waals surface area contributed by atoms with Crippen molar-refractivity contribution in [2.75, 3.05) is 41.1 Å². The number of carbonyl (C=O) groups is 2. The van der Waals surface area contributed by atoms with Crippen LogP contribution in [0.25, 0.3) is 11.3 Å². The molecule has 1 aromatic carbocycles. The first-order valence-corrected chi connectivity index (χ1v) is 15.1. The zero-order valence-corrected chi connectivity index (χ0v) is 25.8. The summed E-state index contributed by atoms with van der Waals surface area (Å²) in [5.74, 6) is 1.21. The third kappa shape index (κ3) is 9.30. The van der Waals surface area contributed by atoms with Crippen LogP contribution in [0.3, 0.4) is 0 Å². The normalized spacial score (nSPS) is 15.5. The van der Waals surface area contributed by atoms with E-state index in [0.29, 0.717) is 31.4 Å². The summed E-state index contributed by atoms with van der Waals surface area (Å²) >= 11 is 0. The number of hydrogen-bond donors (Lipinski definition) is 2. The second-order valence-electron chi connectivity index (χ2n) is 11.6. The number of aromatic nitrogens is 2. The van der Waals surface area contributed by atoms with Crippen molar-refractivity contribution in [2.45, 2.75) is 84.2 Å². The molecule has 0 radical (unpaired) electrons. The number of rotatable bonds is 16. The smallest absolute Gasteiger partial charge is 0.272 e. The van der Waals surface area contributed by atoms with E-state index in [1.165, 1.54) is 32.1 Å². The molecular formula is C32H50N4O5. The number of aryl methyl sites for hydroxylation is 1. The molecule has 2 amide bonds. The molecule has 0 bridgehead atoms. The van der Waals surface area contributed by atoms with Crippen molar-refractivity contribution in [3.05, 3.63) is 35.5 Å². The van der Waals surface area contributed by atoms with E-state index in [-0.39, 0.29) is 36.2 Å². The molecule has 0 spiro atoms. The van der Waals surface area contributed by atoms with E-state index in [4.69, 9.17) is 19.3 Å². The summed E-state index contributed by atoms with van der Waals surface area (Å²) in [7, 11) is 4.93. The Morgan fingerprint density at radius 2 is 1.85 bits per heavy atom. The SMILES string of the molecule is COCCNC(=O)C[C@H](CCC1CCCCC1)NC(=O)c1cc(-c2c(C)cccc2OC)n(C(COC)C(C)C)n1. The zero-order chi connectivity index (χ0) is 29.8. The number of nitrogens with one attached hydrogen (secondary N) is 2. The van der Waals surface area contributed by atoms with E-state index in [9.17, 15) is 9.59 Å². The number of benzene rings is 1. The summed E-state index contributed by atoms with van der Waals surface area (Å²) in [6.45, 7) is 7.61. The minimum atomic E-state index is -0.284. The van der Waals surface area contributed by atoms with Gasteiger partial charge in [-0.05, 0) is 49.3 Å². The predicted octanol–water partition coefficient (Wildman–Crippen LogP) is 5.32. The Balaban J connectivity index is 1.90. The lowest BCUT2D eigenvalue weighted by atomic mass is 9.85. The van der Waals surface area contributed by atoms with Crippen LogP contribution in [-0.2, 0) is 14.3 Å². The Bertz CT molecular complexity index is 1110. The quantitative estimate of drug-likeness (QED) is 0.265. The molecular weight excluding hydrogens is 520 g/mol. The molecule has 1 unspecified atom stereocenters. The Labute approximate surface area is 245 Å². The van der Waals surface area contributed by atoms with E-state index in [1.807, 2.05) is 35.9 Å². The first-order chi connectivity index (χ1) is 19.8. The molecule has 1 aliphatic carbocycles. The summed E-state index contributed by atoms with van der Waals surface area (Å²) < 4.78 is 18.2. The van der Waals surface area contributed by atoms with Gasteiger partial charge in [-0.15, -0.1) is 0 Å². The minimum absolute atomic E-state index is 0.0884. The highest BCUT2D eigenvalue weighted by molar-refractivity contribution is 5.94. The van der Waals surface area contributed by atoms with Gasteiger partial charge in [0.15, 0.2) is 5.69 Å². The average Bonchev–Trinajstić information content (AvgIpc) is 3.39. The van der Waals surface area contributed by atoms with Gasteiger partial charge in [0, 0.05) is 38.8 Å². The van der Waals surface area contributed by atoms with E-state index >= 15 is 0 Å². The third-order valence-corrected chi connectivity index (χ3v) is 8.14. The number of amides is 2. The zero-order valence-electron chi connectivity index (χ0n) is 25.8. The molecule has 2 aromatic rings. The Morgan fingerprint density at radius 3 is 2.51 bits per heavy atom. The maximum Gasteiger partial charge on any atom is 0.272 e. The van der Waals surface area contributed by atoms with Gasteiger partial charge in [-0.3, -0.25) is 14.3 Å².